The number of thiophene rings is 1. The maximum Gasteiger partial charge on any atom is 0.341 e. The number of aromatic nitrogens is 3. The van der Waals surface area contributed by atoms with E-state index in [1.54, 1.807) is 6.92 Å². The van der Waals surface area contributed by atoms with Crippen molar-refractivity contribution >= 4 is 51.6 Å². The van der Waals surface area contributed by atoms with Gasteiger partial charge in [-0.05, 0) is 56.9 Å². The highest BCUT2D eigenvalue weighted by Gasteiger charge is 2.28. The molecule has 35 heavy (non-hydrogen) atoms. The number of amides is 1. The van der Waals surface area contributed by atoms with Crippen molar-refractivity contribution < 1.29 is 23.5 Å². The number of hydrogen-bond acceptors (Lipinski definition) is 8. The molecule has 3 aromatic rings. The molecular weight excluding hydrogens is 515 g/mol. The van der Waals surface area contributed by atoms with Crippen LogP contribution in [0.15, 0.2) is 23.4 Å². The van der Waals surface area contributed by atoms with Crippen LogP contribution in [0.25, 0.3) is 0 Å². The van der Waals surface area contributed by atoms with Crippen molar-refractivity contribution in [1.82, 2.24) is 14.8 Å². The van der Waals surface area contributed by atoms with E-state index in [0.717, 1.165) is 29.7 Å². The maximum absolute atomic E-state index is 13.3. The summed E-state index contributed by atoms with van der Waals surface area (Å²) >= 11 is 8.74. The number of esters is 1. The van der Waals surface area contributed by atoms with Crippen LogP contribution in [0.2, 0.25) is 5.02 Å². The zero-order valence-electron chi connectivity index (χ0n) is 19.4. The highest BCUT2D eigenvalue weighted by Crippen LogP contribution is 2.39. The van der Waals surface area contributed by atoms with Crippen LogP contribution in [-0.2, 0) is 28.9 Å². The number of nitrogens with zero attached hydrogens (tertiary/aromatic N) is 3. The van der Waals surface area contributed by atoms with Crippen LogP contribution < -0.4 is 10.1 Å². The Bertz CT molecular complexity index is 1260. The molecule has 1 amide bonds. The predicted molar refractivity (Wildman–Crippen MR) is 133 cm³/mol. The number of carbonyl (C=O) groups is 2. The summed E-state index contributed by atoms with van der Waals surface area (Å²) in [5, 5.41) is 12.6. The number of thioether (sulfide) groups is 1. The number of halogens is 2. The van der Waals surface area contributed by atoms with Crippen molar-refractivity contribution in [3.63, 3.8) is 0 Å². The van der Waals surface area contributed by atoms with Crippen LogP contribution in [0.5, 0.6) is 5.75 Å². The van der Waals surface area contributed by atoms with Crippen molar-refractivity contribution in [3.8, 4) is 5.75 Å². The van der Waals surface area contributed by atoms with Gasteiger partial charge in [0.2, 0.25) is 5.91 Å². The number of rotatable bonds is 9. The molecule has 2 aromatic heterocycles. The Morgan fingerprint density at radius 1 is 1.34 bits per heavy atom. The Balaban J connectivity index is 1.42. The quantitative estimate of drug-likeness (QED) is 0.292. The molecule has 0 bridgehead atoms. The summed E-state index contributed by atoms with van der Waals surface area (Å²) in [4.78, 5) is 26.1. The lowest BCUT2D eigenvalue weighted by Crippen LogP contribution is -2.17. The molecule has 1 aliphatic carbocycles. The van der Waals surface area contributed by atoms with Gasteiger partial charge in [-0.2, -0.15) is 0 Å². The number of ether oxygens (including phenoxy) is 2. The third-order valence-corrected chi connectivity index (χ3v) is 7.99. The minimum Gasteiger partial charge on any atom is -0.481 e. The second kappa shape index (κ2) is 11.0. The predicted octanol–water partition coefficient (Wildman–Crippen LogP) is 5.30. The van der Waals surface area contributed by atoms with E-state index >= 15 is 0 Å². The molecule has 186 valence electrons. The molecule has 0 fully saturated rings. The van der Waals surface area contributed by atoms with E-state index in [9.17, 15) is 14.0 Å². The Morgan fingerprint density at radius 3 is 2.86 bits per heavy atom. The van der Waals surface area contributed by atoms with Crippen LogP contribution in [0.3, 0.4) is 0 Å². The first-order valence-corrected chi connectivity index (χ1v) is 13.2. The SMILES string of the molecule is CCn1c(SCC(=O)Nc2sc3c(c2C(=O)OC)CCC3)nnc1C(C)Oc1ccc(F)cc1Cl. The van der Waals surface area contributed by atoms with E-state index in [0.29, 0.717) is 33.8 Å². The number of methoxy groups -OCH3 is 1. The Kier molecular flexibility index (Phi) is 7.98. The molecule has 1 atom stereocenters. The first kappa shape index (κ1) is 25.5. The van der Waals surface area contributed by atoms with Gasteiger partial charge in [-0.15, -0.1) is 21.5 Å². The highest BCUT2D eigenvalue weighted by molar-refractivity contribution is 7.99. The number of aryl methyl sites for hydroxylation is 1. The Morgan fingerprint density at radius 2 is 2.14 bits per heavy atom. The van der Waals surface area contributed by atoms with E-state index in [2.05, 4.69) is 15.5 Å². The second-order valence-corrected chi connectivity index (χ2v) is 10.3. The van der Waals surface area contributed by atoms with Gasteiger partial charge in [0.05, 0.1) is 23.4 Å². The molecule has 8 nitrogen and oxygen atoms in total. The average Bonchev–Trinajstić information content (AvgIpc) is 3.53. The lowest BCUT2D eigenvalue weighted by atomic mass is 10.1. The van der Waals surface area contributed by atoms with Crippen LogP contribution in [0.1, 0.15) is 53.0 Å². The summed E-state index contributed by atoms with van der Waals surface area (Å²) in [7, 11) is 1.34. The van der Waals surface area contributed by atoms with E-state index in [1.165, 1.54) is 48.4 Å². The summed E-state index contributed by atoms with van der Waals surface area (Å²) in [5.74, 6) is -0.162. The topological polar surface area (TPSA) is 95.3 Å². The fraction of sp³-hybridized carbons (Fsp3) is 0.391. The number of anilines is 1. The van der Waals surface area contributed by atoms with Gasteiger partial charge < -0.3 is 19.4 Å². The molecule has 1 aliphatic rings. The van der Waals surface area contributed by atoms with Crippen LogP contribution in [0.4, 0.5) is 9.39 Å². The fourth-order valence-corrected chi connectivity index (χ4v) is 6.24. The normalized spacial score (nSPS) is 13.4. The number of benzene rings is 1. The van der Waals surface area contributed by atoms with Crippen molar-refractivity contribution in [2.75, 3.05) is 18.2 Å². The van der Waals surface area contributed by atoms with Crippen molar-refractivity contribution in [1.29, 1.82) is 0 Å². The largest absolute Gasteiger partial charge is 0.481 e. The summed E-state index contributed by atoms with van der Waals surface area (Å²) in [6.45, 7) is 4.28. The smallest absolute Gasteiger partial charge is 0.341 e. The van der Waals surface area contributed by atoms with Gasteiger partial charge in [0.15, 0.2) is 17.1 Å². The van der Waals surface area contributed by atoms with Gasteiger partial charge in [0, 0.05) is 11.4 Å². The lowest BCUT2D eigenvalue weighted by molar-refractivity contribution is -0.113. The number of carbonyl (C=O) groups excluding carboxylic acids is 2. The minimum atomic E-state index is -0.510. The fourth-order valence-electron chi connectivity index (χ4n) is 3.92. The number of hydrogen-bond donors (Lipinski definition) is 1. The zero-order valence-corrected chi connectivity index (χ0v) is 21.8. The number of fused-ring (bicyclic) bond motifs is 1. The molecule has 1 unspecified atom stereocenters. The second-order valence-electron chi connectivity index (χ2n) is 7.81. The maximum atomic E-state index is 13.3. The number of nitrogens with one attached hydrogen (secondary N) is 1. The molecule has 4 rings (SSSR count). The minimum absolute atomic E-state index is 0.0837. The van der Waals surface area contributed by atoms with Gasteiger partial charge in [-0.25, -0.2) is 9.18 Å². The highest BCUT2D eigenvalue weighted by atomic mass is 35.5. The summed E-state index contributed by atoms with van der Waals surface area (Å²) in [6, 6.07) is 3.91. The summed E-state index contributed by atoms with van der Waals surface area (Å²) < 4.78 is 26.0. The molecule has 12 heteroatoms. The molecule has 0 radical (unpaired) electrons. The van der Waals surface area contributed by atoms with E-state index in [4.69, 9.17) is 21.1 Å². The van der Waals surface area contributed by atoms with Crippen LogP contribution >= 0.6 is 34.7 Å². The Labute approximate surface area is 215 Å². The summed E-state index contributed by atoms with van der Waals surface area (Å²) in [6.07, 6.45) is 2.21. The van der Waals surface area contributed by atoms with Gasteiger partial charge in [0.25, 0.3) is 0 Å². The third-order valence-electron chi connectivity index (χ3n) is 5.52. The molecule has 1 N–H and O–H groups in total. The van der Waals surface area contributed by atoms with E-state index < -0.39 is 17.9 Å². The van der Waals surface area contributed by atoms with E-state index in [1.807, 2.05) is 11.5 Å². The van der Waals surface area contributed by atoms with Crippen molar-refractivity contribution in [3.05, 3.63) is 50.9 Å². The molecule has 2 heterocycles. The summed E-state index contributed by atoms with van der Waals surface area (Å²) in [5.41, 5.74) is 1.45. The van der Waals surface area contributed by atoms with Gasteiger partial charge in [0.1, 0.15) is 16.6 Å². The third kappa shape index (κ3) is 5.46. The van der Waals surface area contributed by atoms with Gasteiger partial charge >= 0.3 is 5.97 Å². The molecule has 1 aromatic carbocycles. The molecule has 0 spiro atoms. The average molecular weight is 539 g/mol. The van der Waals surface area contributed by atoms with Crippen LogP contribution in [-0.4, -0.2) is 39.5 Å². The van der Waals surface area contributed by atoms with Gasteiger partial charge in [-0.3, -0.25) is 4.79 Å². The molecular formula is C23H24ClFN4O4S2. The lowest BCUT2D eigenvalue weighted by Gasteiger charge is -2.16. The van der Waals surface area contributed by atoms with Crippen molar-refractivity contribution in [2.24, 2.45) is 0 Å². The monoisotopic (exact) mass is 538 g/mol. The Hall–Kier alpha value is -2.63. The van der Waals surface area contributed by atoms with Crippen LogP contribution in [0, 0.1) is 5.82 Å². The van der Waals surface area contributed by atoms with Crippen molar-refractivity contribution in [2.45, 2.75) is 50.9 Å². The first-order chi connectivity index (χ1) is 16.8. The molecule has 0 saturated carbocycles. The van der Waals surface area contributed by atoms with E-state index in [-0.39, 0.29) is 16.7 Å². The zero-order chi connectivity index (χ0) is 25.1. The molecule has 0 aliphatic heterocycles. The first-order valence-electron chi connectivity index (χ1n) is 11.0. The standard InChI is InChI=1S/C23H24ClFN4O4S2/c1-4-29-20(12(2)33-16-9-8-13(25)10-15(16)24)27-28-23(29)34-11-18(30)26-21-19(22(31)32-3)14-6-5-7-17(14)35-21/h8-10,12H,4-7,11H2,1-3H3,(H,26,30). The molecule has 0 saturated heterocycles. The van der Waals surface area contributed by atoms with Gasteiger partial charge in [-0.1, -0.05) is 23.4 Å².